The minimum atomic E-state index is -1.01. The van der Waals surface area contributed by atoms with Crippen molar-refractivity contribution in [1.29, 1.82) is 0 Å². The van der Waals surface area contributed by atoms with Crippen LogP contribution in [0.25, 0.3) is 0 Å². The van der Waals surface area contributed by atoms with Crippen molar-refractivity contribution >= 4 is 35.3 Å². The molecule has 0 aromatic heterocycles. The van der Waals surface area contributed by atoms with E-state index in [9.17, 15) is 28.8 Å². The van der Waals surface area contributed by atoms with Crippen LogP contribution >= 0.6 is 0 Å². The van der Waals surface area contributed by atoms with Crippen LogP contribution in [0.2, 0.25) is 0 Å². The van der Waals surface area contributed by atoms with Crippen LogP contribution < -0.4 is 0 Å². The maximum absolute atomic E-state index is 10.8. The van der Waals surface area contributed by atoms with E-state index in [0.717, 1.165) is 0 Å². The summed E-state index contributed by atoms with van der Waals surface area (Å²) in [6.07, 6.45) is 2.05. The summed E-state index contributed by atoms with van der Waals surface area (Å²) < 4.78 is 26.7. The molecule has 15 nitrogen and oxygen atoms in total. The molecular formula is C24H36FeO15. The molecule has 0 rings (SSSR count). The first-order valence-electron chi connectivity index (χ1n) is 11.6. The minimum absolute atomic E-state index is 0. The number of esters is 3. The van der Waals surface area contributed by atoms with Crippen LogP contribution in [-0.2, 0) is 74.3 Å². The molecule has 16 heteroatoms. The number of rotatable bonds is 15. The largest absolute Gasteiger partial charge is 0.481 e. The average Bonchev–Trinajstić information content (AvgIpc) is 2.85. The van der Waals surface area contributed by atoms with Gasteiger partial charge in [-0.25, -0.2) is 14.4 Å². The number of aliphatic hydroxyl groups excluding tert-OH is 3. The summed E-state index contributed by atoms with van der Waals surface area (Å²) >= 11 is 0. The third-order valence-corrected chi connectivity index (χ3v) is 3.07. The maximum Gasteiger partial charge on any atom is 0.379 e. The van der Waals surface area contributed by atoms with Crippen molar-refractivity contribution in [3.8, 4) is 0 Å². The normalized spacial score (nSPS) is 10.5. The fourth-order valence-corrected chi connectivity index (χ4v) is 1.69. The van der Waals surface area contributed by atoms with Crippen LogP contribution in [0.4, 0.5) is 0 Å². The van der Waals surface area contributed by atoms with Gasteiger partial charge in [-0.2, -0.15) is 0 Å². The Hall–Kier alpha value is -4.04. The van der Waals surface area contributed by atoms with Crippen molar-refractivity contribution in [3.63, 3.8) is 0 Å². The molecule has 0 aliphatic rings. The smallest absolute Gasteiger partial charge is 0.379 e. The minimum Gasteiger partial charge on any atom is -0.481 e. The van der Waals surface area contributed by atoms with Crippen LogP contribution in [0.1, 0.15) is 41.5 Å². The third-order valence-electron chi connectivity index (χ3n) is 3.07. The van der Waals surface area contributed by atoms with Crippen molar-refractivity contribution in [2.75, 3.05) is 39.6 Å². The summed E-state index contributed by atoms with van der Waals surface area (Å²) in [5.41, 5.74) is 0. The molecule has 0 fully saturated rings. The summed E-state index contributed by atoms with van der Waals surface area (Å²) in [6.45, 7) is 10.7. The van der Waals surface area contributed by atoms with Gasteiger partial charge >= 0.3 is 17.9 Å². The van der Waals surface area contributed by atoms with Crippen molar-refractivity contribution in [1.82, 2.24) is 0 Å². The summed E-state index contributed by atoms with van der Waals surface area (Å²) in [5.74, 6) is -7.58. The standard InChI is InChI=1S/3C8H12O5.Fe/c3*1-3-12-7(10)5-6(9)8(11)13-4-2;/h3*5,10H,3-4H2,1-2H3;. The Bertz CT molecular complexity index is 777. The zero-order valence-electron chi connectivity index (χ0n) is 23.1. The number of carbonyl (C=O) groups excluding carboxylic acids is 6. The second kappa shape index (κ2) is 28.0. The summed E-state index contributed by atoms with van der Waals surface area (Å²) in [4.78, 5) is 64.6. The SMILES string of the molecule is CCOC(=O)C(=O)C=C(O)OCC.CCOC(=O)C(=O)C=C(O)OCC.CCOC(=O)C(=O)C=C(O)OCC.[Fe]. The third kappa shape index (κ3) is 25.6. The Labute approximate surface area is 242 Å². The molecule has 0 spiro atoms. The van der Waals surface area contributed by atoms with E-state index in [1.54, 1.807) is 41.5 Å². The monoisotopic (exact) mass is 620 g/mol. The summed E-state index contributed by atoms with van der Waals surface area (Å²) in [6, 6.07) is 0. The number of ketones is 3. The van der Waals surface area contributed by atoms with Gasteiger partial charge in [0.15, 0.2) is 0 Å². The first-order chi connectivity index (χ1) is 18.3. The fraction of sp³-hybridized carbons (Fsp3) is 0.500. The second-order valence-corrected chi connectivity index (χ2v) is 6.00. The van der Waals surface area contributed by atoms with E-state index in [4.69, 9.17) is 15.3 Å². The topological polar surface area (TPSA) is 218 Å². The van der Waals surface area contributed by atoms with Gasteiger partial charge < -0.3 is 43.7 Å². The van der Waals surface area contributed by atoms with E-state index < -0.39 is 53.1 Å². The Morgan fingerprint density at radius 3 is 0.750 bits per heavy atom. The molecule has 0 aromatic rings. The quantitative estimate of drug-likeness (QED) is 0.0592. The first-order valence-corrected chi connectivity index (χ1v) is 11.6. The van der Waals surface area contributed by atoms with E-state index in [2.05, 4.69) is 28.4 Å². The molecule has 0 saturated carbocycles. The number of carbonyl (C=O) groups is 6. The number of hydrogen-bond acceptors (Lipinski definition) is 15. The van der Waals surface area contributed by atoms with Gasteiger partial charge in [-0.1, -0.05) is 0 Å². The van der Waals surface area contributed by atoms with Crippen molar-refractivity contribution in [2.45, 2.75) is 41.5 Å². The summed E-state index contributed by atoms with van der Waals surface area (Å²) in [5, 5.41) is 26.5. The number of ether oxygens (including phenoxy) is 6. The molecule has 0 radical (unpaired) electrons. The van der Waals surface area contributed by atoms with Gasteiger partial charge in [0.25, 0.3) is 35.2 Å². The molecule has 0 atom stereocenters. The Morgan fingerprint density at radius 2 is 0.600 bits per heavy atom. The molecule has 0 saturated heterocycles. The van der Waals surface area contributed by atoms with Crippen LogP contribution in [0.15, 0.2) is 36.1 Å². The predicted octanol–water partition coefficient (Wildman–Crippen LogP) is 1.66. The van der Waals surface area contributed by atoms with Gasteiger partial charge in [-0.3, -0.25) is 14.4 Å². The Kier molecular flexibility index (Phi) is 30.1. The van der Waals surface area contributed by atoms with Crippen LogP contribution in [-0.4, -0.2) is 90.2 Å². The van der Waals surface area contributed by atoms with Crippen LogP contribution in [0.5, 0.6) is 0 Å². The van der Waals surface area contributed by atoms with E-state index in [1.165, 1.54) is 0 Å². The molecule has 0 amide bonds. The zero-order valence-corrected chi connectivity index (χ0v) is 24.2. The molecule has 0 aliphatic carbocycles. The second-order valence-electron chi connectivity index (χ2n) is 6.00. The Balaban J connectivity index is -0.000000240. The first kappa shape index (κ1) is 43.0. The van der Waals surface area contributed by atoms with Crippen LogP contribution in [0, 0.1) is 0 Å². The van der Waals surface area contributed by atoms with E-state index in [0.29, 0.717) is 18.2 Å². The van der Waals surface area contributed by atoms with Crippen molar-refractivity contribution < 1.29 is 89.6 Å². The number of hydrogen-bond donors (Lipinski definition) is 3. The van der Waals surface area contributed by atoms with Gasteiger partial charge in [0.1, 0.15) is 0 Å². The van der Waals surface area contributed by atoms with Crippen LogP contribution in [0.3, 0.4) is 0 Å². The molecule has 0 aliphatic heterocycles. The van der Waals surface area contributed by atoms with Gasteiger partial charge in [0.2, 0.25) is 0 Å². The molecule has 3 N–H and O–H groups in total. The molecule has 0 bridgehead atoms. The predicted molar refractivity (Wildman–Crippen MR) is 132 cm³/mol. The van der Waals surface area contributed by atoms with Gasteiger partial charge in [0, 0.05) is 17.1 Å². The molecule has 230 valence electrons. The number of aliphatic hydroxyl groups is 3. The molecular weight excluding hydrogens is 584 g/mol. The molecule has 0 unspecified atom stereocenters. The molecule has 0 heterocycles. The van der Waals surface area contributed by atoms with E-state index in [-0.39, 0.29) is 56.7 Å². The van der Waals surface area contributed by atoms with E-state index in [1.807, 2.05) is 0 Å². The van der Waals surface area contributed by atoms with E-state index >= 15 is 0 Å². The molecule has 0 aromatic carbocycles. The fourth-order valence-electron chi connectivity index (χ4n) is 1.69. The molecule has 40 heavy (non-hydrogen) atoms. The van der Waals surface area contributed by atoms with Crippen molar-refractivity contribution in [3.05, 3.63) is 36.1 Å². The van der Waals surface area contributed by atoms with Gasteiger partial charge in [-0.15, -0.1) is 0 Å². The van der Waals surface area contributed by atoms with Gasteiger partial charge in [0.05, 0.1) is 57.9 Å². The van der Waals surface area contributed by atoms with Crippen molar-refractivity contribution in [2.24, 2.45) is 0 Å². The maximum atomic E-state index is 10.8. The average molecular weight is 620 g/mol. The Morgan fingerprint density at radius 1 is 0.425 bits per heavy atom. The zero-order chi connectivity index (χ0) is 30.8. The van der Waals surface area contributed by atoms with Gasteiger partial charge in [-0.05, 0) is 41.5 Å². The summed E-state index contributed by atoms with van der Waals surface area (Å²) in [7, 11) is 0.